The molecular weight excluding hydrogens is 364 g/mol. The van der Waals surface area contributed by atoms with Gasteiger partial charge in [0, 0.05) is 47.9 Å². The van der Waals surface area contributed by atoms with Crippen LogP contribution in [0.5, 0.6) is 0 Å². The summed E-state index contributed by atoms with van der Waals surface area (Å²) < 4.78 is 1.96. The van der Waals surface area contributed by atoms with Crippen molar-refractivity contribution in [2.45, 2.75) is 27.7 Å². The number of carbonyl (C=O) groups is 4. The lowest BCUT2D eigenvalue weighted by molar-refractivity contribution is -0.125. The second kappa shape index (κ2) is 6.92. The van der Waals surface area contributed by atoms with E-state index >= 15 is 0 Å². The molecule has 3 rings (SSSR count). The van der Waals surface area contributed by atoms with Crippen molar-refractivity contribution in [1.29, 1.82) is 0 Å². The maximum Gasteiger partial charge on any atom is 0.230 e. The zero-order chi connectivity index (χ0) is 19.9. The van der Waals surface area contributed by atoms with Crippen LogP contribution in [0.15, 0.2) is 36.4 Å². The number of hydrogen-bond acceptors (Lipinski definition) is 5. The van der Waals surface area contributed by atoms with E-state index in [-0.39, 0.29) is 23.6 Å². The molecule has 0 saturated carbocycles. The molecule has 0 unspecified atom stereocenters. The van der Waals surface area contributed by atoms with Gasteiger partial charge in [-0.15, -0.1) is 11.3 Å². The summed E-state index contributed by atoms with van der Waals surface area (Å²) in [5.74, 6) is -1.44. The Bertz CT molecular complexity index is 1000. The molecule has 0 bridgehead atoms. The summed E-state index contributed by atoms with van der Waals surface area (Å²) in [5.41, 5.74) is 0.977. The predicted molar refractivity (Wildman–Crippen MR) is 107 cm³/mol. The first-order valence-corrected chi connectivity index (χ1v) is 9.11. The van der Waals surface area contributed by atoms with Gasteiger partial charge in [-0.25, -0.2) is 0 Å². The molecule has 7 heteroatoms. The lowest BCUT2D eigenvalue weighted by Crippen LogP contribution is -2.33. The van der Waals surface area contributed by atoms with Crippen LogP contribution < -0.4 is 9.80 Å². The highest BCUT2D eigenvalue weighted by Gasteiger charge is 2.20. The van der Waals surface area contributed by atoms with Gasteiger partial charge in [-0.05, 0) is 36.4 Å². The van der Waals surface area contributed by atoms with Crippen LogP contribution in [0, 0.1) is 0 Å². The number of anilines is 2. The normalized spacial score (nSPS) is 10.8. The van der Waals surface area contributed by atoms with Crippen LogP contribution in [-0.4, -0.2) is 23.6 Å². The molecule has 4 amide bonds. The average molecular weight is 382 g/mol. The Labute approximate surface area is 160 Å². The van der Waals surface area contributed by atoms with Crippen molar-refractivity contribution in [1.82, 2.24) is 0 Å². The van der Waals surface area contributed by atoms with E-state index in [4.69, 9.17) is 0 Å². The molecule has 1 aromatic heterocycles. The predicted octanol–water partition coefficient (Wildman–Crippen LogP) is 3.85. The van der Waals surface area contributed by atoms with Crippen LogP contribution in [0.2, 0.25) is 0 Å². The fourth-order valence-corrected chi connectivity index (χ4v) is 4.27. The topological polar surface area (TPSA) is 74.8 Å². The SMILES string of the molecule is CC(=O)N(C(C)=O)c1ccc2sc3ccc(N(C(C)=O)C(C)=O)cc3c2c1. The van der Waals surface area contributed by atoms with E-state index < -0.39 is 0 Å². The zero-order valence-corrected chi connectivity index (χ0v) is 16.2. The highest BCUT2D eigenvalue weighted by Crippen LogP contribution is 2.38. The Hall–Kier alpha value is -3.06. The van der Waals surface area contributed by atoms with Crippen molar-refractivity contribution < 1.29 is 19.2 Å². The molecule has 0 aliphatic heterocycles. The van der Waals surface area contributed by atoms with E-state index in [0.717, 1.165) is 30.0 Å². The highest BCUT2D eigenvalue weighted by molar-refractivity contribution is 7.25. The monoisotopic (exact) mass is 382 g/mol. The van der Waals surface area contributed by atoms with Crippen LogP contribution in [0.4, 0.5) is 11.4 Å². The van der Waals surface area contributed by atoms with Crippen LogP contribution >= 0.6 is 11.3 Å². The van der Waals surface area contributed by atoms with Gasteiger partial charge in [0.2, 0.25) is 23.6 Å². The van der Waals surface area contributed by atoms with Gasteiger partial charge >= 0.3 is 0 Å². The Morgan fingerprint density at radius 2 is 0.963 bits per heavy atom. The first kappa shape index (κ1) is 18.7. The maximum atomic E-state index is 11.8. The minimum absolute atomic E-state index is 0.360. The molecule has 0 fully saturated rings. The summed E-state index contributed by atoms with van der Waals surface area (Å²) in [6.45, 7) is 5.36. The van der Waals surface area contributed by atoms with Crippen molar-refractivity contribution >= 4 is 66.5 Å². The Balaban J connectivity index is 2.23. The number of imide groups is 2. The van der Waals surface area contributed by atoms with Crippen LogP contribution in [0.1, 0.15) is 27.7 Å². The summed E-state index contributed by atoms with van der Waals surface area (Å²) in [4.78, 5) is 49.6. The zero-order valence-electron chi connectivity index (χ0n) is 15.4. The fraction of sp³-hybridized carbons (Fsp3) is 0.200. The largest absolute Gasteiger partial charge is 0.274 e. The third kappa shape index (κ3) is 3.33. The smallest absolute Gasteiger partial charge is 0.230 e. The van der Waals surface area contributed by atoms with E-state index in [1.165, 1.54) is 27.7 Å². The number of hydrogen-bond donors (Lipinski definition) is 0. The summed E-state index contributed by atoms with van der Waals surface area (Å²) in [5, 5.41) is 1.71. The number of fused-ring (bicyclic) bond motifs is 3. The molecule has 6 nitrogen and oxygen atoms in total. The minimum atomic E-state index is -0.360. The van der Waals surface area contributed by atoms with Gasteiger partial charge in [0.15, 0.2) is 0 Å². The lowest BCUT2D eigenvalue weighted by atomic mass is 10.1. The number of benzene rings is 2. The molecule has 0 saturated heterocycles. The van der Waals surface area contributed by atoms with E-state index in [2.05, 4.69) is 0 Å². The molecule has 2 aromatic carbocycles. The Kier molecular flexibility index (Phi) is 4.80. The van der Waals surface area contributed by atoms with Crippen LogP contribution in [-0.2, 0) is 19.2 Å². The van der Waals surface area contributed by atoms with Crippen molar-refractivity contribution in [2.24, 2.45) is 0 Å². The number of nitrogens with zero attached hydrogens (tertiary/aromatic N) is 2. The van der Waals surface area contributed by atoms with Gasteiger partial charge in [0.1, 0.15) is 0 Å². The van der Waals surface area contributed by atoms with Crippen molar-refractivity contribution in [3.05, 3.63) is 36.4 Å². The summed E-state index contributed by atoms with van der Waals surface area (Å²) in [7, 11) is 0. The van der Waals surface area contributed by atoms with Gasteiger partial charge in [0.05, 0.1) is 11.4 Å². The van der Waals surface area contributed by atoms with Gasteiger partial charge in [-0.2, -0.15) is 0 Å². The van der Waals surface area contributed by atoms with Gasteiger partial charge in [-0.1, -0.05) is 0 Å². The van der Waals surface area contributed by atoms with Crippen molar-refractivity contribution in [3.63, 3.8) is 0 Å². The molecule has 0 atom stereocenters. The van der Waals surface area contributed by atoms with E-state index in [9.17, 15) is 19.2 Å². The molecule has 27 heavy (non-hydrogen) atoms. The third-order valence-electron chi connectivity index (χ3n) is 4.21. The number of amides is 4. The van der Waals surface area contributed by atoms with Gasteiger partial charge in [0.25, 0.3) is 0 Å². The van der Waals surface area contributed by atoms with E-state index in [1.807, 2.05) is 12.1 Å². The minimum Gasteiger partial charge on any atom is -0.274 e. The van der Waals surface area contributed by atoms with Gasteiger partial charge in [-0.3, -0.25) is 29.0 Å². The molecule has 0 spiro atoms. The van der Waals surface area contributed by atoms with Crippen molar-refractivity contribution in [2.75, 3.05) is 9.80 Å². The van der Waals surface area contributed by atoms with Gasteiger partial charge < -0.3 is 0 Å². The van der Waals surface area contributed by atoms with E-state index in [1.54, 1.807) is 35.6 Å². The molecule has 3 aromatic rings. The highest BCUT2D eigenvalue weighted by atomic mass is 32.1. The molecule has 0 radical (unpaired) electrons. The lowest BCUT2D eigenvalue weighted by Gasteiger charge is -2.18. The molecule has 0 aliphatic rings. The summed E-state index contributed by atoms with van der Waals surface area (Å²) >= 11 is 1.56. The molecule has 0 aliphatic carbocycles. The molecular formula is C20H18N2O4S. The second-order valence-electron chi connectivity index (χ2n) is 6.21. The number of rotatable bonds is 2. The summed E-state index contributed by atoms with van der Waals surface area (Å²) in [6.07, 6.45) is 0. The Morgan fingerprint density at radius 3 is 1.26 bits per heavy atom. The fourth-order valence-electron chi connectivity index (χ4n) is 3.20. The second-order valence-corrected chi connectivity index (χ2v) is 7.29. The quantitative estimate of drug-likeness (QED) is 0.675. The number of thiophene rings is 1. The number of carbonyl (C=O) groups excluding carboxylic acids is 4. The molecule has 0 N–H and O–H groups in total. The first-order chi connectivity index (χ1) is 12.7. The molecule has 1 heterocycles. The first-order valence-electron chi connectivity index (χ1n) is 8.29. The Morgan fingerprint density at radius 1 is 0.630 bits per heavy atom. The third-order valence-corrected chi connectivity index (χ3v) is 5.36. The van der Waals surface area contributed by atoms with Crippen LogP contribution in [0.25, 0.3) is 20.2 Å². The van der Waals surface area contributed by atoms with Crippen molar-refractivity contribution in [3.8, 4) is 0 Å². The van der Waals surface area contributed by atoms with E-state index in [0.29, 0.717) is 11.4 Å². The standard InChI is InChI=1S/C20H18N2O4S/c1-11(23)21(12(2)24)15-5-7-19-17(9-15)18-10-16(6-8-20(18)27-19)22(13(3)25)14(4)26/h5-10H,1-4H3. The average Bonchev–Trinajstić information content (AvgIpc) is 2.91. The maximum absolute atomic E-state index is 11.8. The van der Waals surface area contributed by atoms with Crippen LogP contribution in [0.3, 0.4) is 0 Å². The summed E-state index contributed by atoms with van der Waals surface area (Å²) in [6, 6.07) is 10.8. The molecule has 138 valence electrons.